The number of pyridine rings is 1. The largest absolute Gasteiger partial charge is 0.344 e. The van der Waals surface area contributed by atoms with Gasteiger partial charge in [-0.3, -0.25) is 19.6 Å². The molecule has 4 heterocycles. The molecule has 1 fully saturated rings. The number of carbonyl (C=O) groups excluding carboxylic acids is 2. The molecule has 0 spiro atoms. The van der Waals surface area contributed by atoms with Crippen LogP contribution >= 0.6 is 11.3 Å². The summed E-state index contributed by atoms with van der Waals surface area (Å²) in [6.07, 6.45) is 6.53. The van der Waals surface area contributed by atoms with Gasteiger partial charge in [0.1, 0.15) is 16.0 Å². The fourth-order valence-electron chi connectivity index (χ4n) is 3.61. The molecule has 1 saturated heterocycles. The number of nitrogens with zero attached hydrogens (tertiary/aromatic N) is 5. The molecule has 28 heavy (non-hydrogen) atoms. The first kappa shape index (κ1) is 18.5. The highest BCUT2D eigenvalue weighted by Crippen LogP contribution is 2.39. The lowest BCUT2D eigenvalue weighted by Crippen LogP contribution is -2.38. The van der Waals surface area contributed by atoms with Gasteiger partial charge in [0.05, 0.1) is 4.88 Å². The van der Waals surface area contributed by atoms with Crippen LogP contribution in [0.2, 0.25) is 0 Å². The van der Waals surface area contributed by atoms with E-state index in [-0.39, 0.29) is 17.7 Å². The number of piperidine rings is 1. The minimum atomic E-state index is -0.0430. The van der Waals surface area contributed by atoms with E-state index in [9.17, 15) is 9.59 Å². The van der Waals surface area contributed by atoms with Crippen LogP contribution in [0.3, 0.4) is 0 Å². The van der Waals surface area contributed by atoms with Crippen LogP contribution in [0.25, 0.3) is 10.3 Å². The van der Waals surface area contributed by atoms with Crippen molar-refractivity contribution in [3.8, 4) is 0 Å². The maximum absolute atomic E-state index is 12.7. The summed E-state index contributed by atoms with van der Waals surface area (Å²) >= 11 is 1.40. The Balaban J connectivity index is 1.59. The number of thiophene rings is 1. The van der Waals surface area contributed by atoms with Gasteiger partial charge in [0, 0.05) is 51.3 Å². The first-order valence-electron chi connectivity index (χ1n) is 9.21. The quantitative estimate of drug-likeness (QED) is 0.681. The molecule has 8 heteroatoms. The monoisotopic (exact) mass is 395 g/mol. The van der Waals surface area contributed by atoms with Gasteiger partial charge < -0.3 is 9.80 Å². The fourth-order valence-corrected chi connectivity index (χ4v) is 4.82. The Morgan fingerprint density at radius 2 is 1.82 bits per heavy atom. The number of aromatic nitrogens is 3. The summed E-state index contributed by atoms with van der Waals surface area (Å²) in [4.78, 5) is 43.4. The Bertz CT molecular complexity index is 1010. The molecule has 4 rings (SSSR count). The maximum atomic E-state index is 12.7. The molecule has 0 aromatic carbocycles. The first-order chi connectivity index (χ1) is 13.6. The summed E-state index contributed by atoms with van der Waals surface area (Å²) in [7, 11) is 3.51. The van der Waals surface area contributed by atoms with Gasteiger partial charge in [0.15, 0.2) is 0 Å². The van der Waals surface area contributed by atoms with Crippen LogP contribution in [-0.4, -0.2) is 63.8 Å². The first-order valence-corrected chi connectivity index (χ1v) is 10.0. The summed E-state index contributed by atoms with van der Waals surface area (Å²) in [5.41, 5.74) is 2.26. The molecule has 0 unspecified atom stereocenters. The molecule has 0 aliphatic carbocycles. The highest BCUT2D eigenvalue weighted by Gasteiger charge is 2.31. The van der Waals surface area contributed by atoms with E-state index >= 15 is 0 Å². The molecular weight excluding hydrogens is 374 g/mol. The molecule has 7 nitrogen and oxygen atoms in total. The maximum Gasteiger partial charge on any atom is 0.272 e. The molecule has 3 aromatic rings. The van der Waals surface area contributed by atoms with Gasteiger partial charge >= 0.3 is 0 Å². The predicted molar refractivity (Wildman–Crippen MR) is 108 cm³/mol. The predicted octanol–water partition coefficient (Wildman–Crippen LogP) is 2.81. The topological polar surface area (TPSA) is 79.3 Å². The van der Waals surface area contributed by atoms with Crippen molar-refractivity contribution in [2.75, 3.05) is 27.2 Å². The third-order valence-electron chi connectivity index (χ3n) is 5.04. The van der Waals surface area contributed by atoms with E-state index in [2.05, 4.69) is 15.0 Å². The zero-order valence-corrected chi connectivity index (χ0v) is 16.6. The van der Waals surface area contributed by atoms with E-state index in [1.807, 2.05) is 11.0 Å². The van der Waals surface area contributed by atoms with Crippen molar-refractivity contribution < 1.29 is 9.59 Å². The summed E-state index contributed by atoms with van der Waals surface area (Å²) in [6.45, 7) is 1.26. The molecule has 2 amide bonds. The second-order valence-corrected chi connectivity index (χ2v) is 8.04. The van der Waals surface area contributed by atoms with Crippen LogP contribution in [0.4, 0.5) is 0 Å². The van der Waals surface area contributed by atoms with Gasteiger partial charge in [-0.2, -0.15) is 0 Å². The second kappa shape index (κ2) is 7.63. The second-order valence-electron chi connectivity index (χ2n) is 7.04. The number of amides is 2. The summed E-state index contributed by atoms with van der Waals surface area (Å²) < 4.78 is 0. The Morgan fingerprint density at radius 3 is 2.50 bits per heavy atom. The third-order valence-corrected chi connectivity index (χ3v) is 6.13. The number of likely N-dealkylation sites (tertiary alicyclic amines) is 1. The summed E-state index contributed by atoms with van der Waals surface area (Å²) in [5, 5.41) is 0. The number of hydrogen-bond acceptors (Lipinski definition) is 6. The molecule has 0 bridgehead atoms. The number of carbonyl (C=O) groups is 2. The van der Waals surface area contributed by atoms with Crippen LogP contribution in [0.15, 0.2) is 36.8 Å². The fraction of sp³-hybridized carbons (Fsp3) is 0.350. The SMILES string of the molecule is CN(C)C(=O)c1sc2nccnc2c1C1CCN(C(=O)c2ccccn2)CC1. The lowest BCUT2D eigenvalue weighted by atomic mass is 9.88. The number of hydrogen-bond donors (Lipinski definition) is 0. The van der Waals surface area contributed by atoms with Crippen molar-refractivity contribution in [2.45, 2.75) is 18.8 Å². The molecule has 1 aliphatic rings. The van der Waals surface area contributed by atoms with E-state index in [1.165, 1.54) is 11.3 Å². The Hall–Kier alpha value is -2.87. The van der Waals surface area contributed by atoms with E-state index in [0.29, 0.717) is 23.7 Å². The van der Waals surface area contributed by atoms with E-state index in [4.69, 9.17) is 0 Å². The van der Waals surface area contributed by atoms with Crippen LogP contribution in [-0.2, 0) is 0 Å². The van der Waals surface area contributed by atoms with E-state index < -0.39 is 0 Å². The van der Waals surface area contributed by atoms with Crippen LogP contribution in [0, 0.1) is 0 Å². The van der Waals surface area contributed by atoms with E-state index in [1.54, 1.807) is 49.7 Å². The van der Waals surface area contributed by atoms with Gasteiger partial charge in [-0.25, -0.2) is 4.98 Å². The smallest absolute Gasteiger partial charge is 0.272 e. The average molecular weight is 395 g/mol. The summed E-state index contributed by atoms with van der Waals surface area (Å²) in [6, 6.07) is 5.36. The Kier molecular flexibility index (Phi) is 5.04. The van der Waals surface area contributed by atoms with Gasteiger partial charge in [-0.05, 0) is 30.9 Å². The highest BCUT2D eigenvalue weighted by molar-refractivity contribution is 7.20. The molecule has 0 radical (unpaired) electrons. The van der Waals surface area contributed by atoms with Gasteiger partial charge in [0.25, 0.3) is 11.8 Å². The minimum absolute atomic E-state index is 0.0215. The summed E-state index contributed by atoms with van der Waals surface area (Å²) in [5.74, 6) is 0.113. The average Bonchev–Trinajstić information content (AvgIpc) is 3.12. The molecular formula is C20H21N5O2S. The zero-order valence-electron chi connectivity index (χ0n) is 15.8. The van der Waals surface area contributed by atoms with Crippen molar-refractivity contribution in [3.05, 3.63) is 52.9 Å². The Morgan fingerprint density at radius 1 is 1.07 bits per heavy atom. The van der Waals surface area contributed by atoms with Gasteiger partial charge in [-0.1, -0.05) is 6.07 Å². The van der Waals surface area contributed by atoms with Crippen LogP contribution in [0.5, 0.6) is 0 Å². The van der Waals surface area contributed by atoms with Gasteiger partial charge in [-0.15, -0.1) is 11.3 Å². The van der Waals surface area contributed by atoms with Crippen molar-refractivity contribution in [2.24, 2.45) is 0 Å². The number of fused-ring (bicyclic) bond motifs is 1. The van der Waals surface area contributed by atoms with Crippen LogP contribution in [0.1, 0.15) is 44.5 Å². The van der Waals surface area contributed by atoms with Crippen LogP contribution < -0.4 is 0 Å². The normalized spacial score (nSPS) is 15.0. The van der Waals surface area contributed by atoms with Crippen molar-refractivity contribution in [3.63, 3.8) is 0 Å². The highest BCUT2D eigenvalue weighted by atomic mass is 32.1. The lowest BCUT2D eigenvalue weighted by molar-refractivity contribution is 0.0704. The zero-order chi connectivity index (χ0) is 19.7. The standard InChI is InChI=1S/C20H21N5O2S/c1-24(2)20(27)17-15(16-18(28-17)23-10-9-22-16)13-6-11-25(12-7-13)19(26)14-5-3-4-8-21-14/h3-5,8-10,13H,6-7,11-12H2,1-2H3. The van der Waals surface area contributed by atoms with Crippen molar-refractivity contribution in [1.29, 1.82) is 0 Å². The molecule has 0 atom stereocenters. The molecule has 0 saturated carbocycles. The van der Waals surface area contributed by atoms with Crippen molar-refractivity contribution >= 4 is 33.5 Å². The van der Waals surface area contributed by atoms with E-state index in [0.717, 1.165) is 28.8 Å². The molecule has 0 N–H and O–H groups in total. The molecule has 1 aliphatic heterocycles. The molecule has 144 valence electrons. The minimum Gasteiger partial charge on any atom is -0.344 e. The molecule has 3 aromatic heterocycles. The third kappa shape index (κ3) is 3.35. The van der Waals surface area contributed by atoms with Crippen molar-refractivity contribution in [1.82, 2.24) is 24.8 Å². The van der Waals surface area contributed by atoms with Gasteiger partial charge in [0.2, 0.25) is 0 Å². The lowest BCUT2D eigenvalue weighted by Gasteiger charge is -2.32. The Labute approximate surface area is 167 Å². The number of rotatable bonds is 3.